The topological polar surface area (TPSA) is 29.5 Å². The molecular weight excluding hydrogens is 183 g/mol. The zero-order valence-corrected chi connectivity index (χ0v) is 7.98. The molecule has 1 aliphatic rings. The monoisotopic (exact) mass is 196 g/mol. The zero-order chi connectivity index (χ0) is 10.1. The third-order valence-electron chi connectivity index (χ3n) is 2.78. The summed E-state index contributed by atoms with van der Waals surface area (Å²) >= 11 is 0. The van der Waals surface area contributed by atoms with Crippen LogP contribution in [0, 0.1) is 5.92 Å². The van der Waals surface area contributed by atoms with Gasteiger partial charge < -0.3 is 9.84 Å². The number of ether oxygens (including phenoxy) is 1. The van der Waals surface area contributed by atoms with Crippen LogP contribution in [0.15, 0.2) is 24.3 Å². The van der Waals surface area contributed by atoms with E-state index >= 15 is 0 Å². The van der Waals surface area contributed by atoms with Crippen molar-refractivity contribution < 1.29 is 14.2 Å². The lowest BCUT2D eigenvalue weighted by Gasteiger charge is -2.01. The molecule has 1 N–H and O–H groups in total. The van der Waals surface area contributed by atoms with Crippen molar-refractivity contribution in [3.05, 3.63) is 29.8 Å². The lowest BCUT2D eigenvalue weighted by molar-refractivity contribution is 0.257. The van der Waals surface area contributed by atoms with Crippen molar-refractivity contribution in [2.24, 2.45) is 5.92 Å². The molecular formula is C11H13FO2. The molecule has 14 heavy (non-hydrogen) atoms. The van der Waals surface area contributed by atoms with Crippen molar-refractivity contribution in [3.8, 4) is 5.75 Å². The first-order valence-electron chi connectivity index (χ1n) is 4.67. The van der Waals surface area contributed by atoms with E-state index in [1.165, 1.54) is 0 Å². The van der Waals surface area contributed by atoms with Crippen LogP contribution >= 0.6 is 0 Å². The third kappa shape index (κ3) is 1.48. The molecule has 0 aromatic heterocycles. The molecule has 1 aliphatic carbocycles. The molecule has 2 nitrogen and oxygen atoms in total. The first-order chi connectivity index (χ1) is 6.77. The van der Waals surface area contributed by atoms with E-state index in [0.29, 0.717) is 0 Å². The molecule has 0 saturated heterocycles. The minimum atomic E-state index is -0.881. The van der Waals surface area contributed by atoms with Crippen LogP contribution in [-0.2, 0) is 0 Å². The number of aliphatic hydroxyl groups is 1. The molecule has 0 radical (unpaired) electrons. The Balaban J connectivity index is 2.11. The van der Waals surface area contributed by atoms with Gasteiger partial charge in [-0.15, -0.1) is 0 Å². The summed E-state index contributed by atoms with van der Waals surface area (Å²) in [6, 6.07) is 7.33. The van der Waals surface area contributed by atoms with Crippen LogP contribution in [0.2, 0.25) is 0 Å². The molecule has 0 heterocycles. The van der Waals surface area contributed by atoms with E-state index in [9.17, 15) is 4.39 Å². The van der Waals surface area contributed by atoms with Crippen LogP contribution in [0.3, 0.4) is 0 Å². The number of halogens is 1. The number of hydrogen-bond acceptors (Lipinski definition) is 2. The zero-order valence-electron chi connectivity index (χ0n) is 7.98. The number of benzene rings is 1. The molecule has 0 bridgehead atoms. The van der Waals surface area contributed by atoms with Gasteiger partial charge in [-0.1, -0.05) is 12.1 Å². The maximum absolute atomic E-state index is 13.1. The first kappa shape index (κ1) is 9.46. The van der Waals surface area contributed by atoms with Gasteiger partial charge in [0, 0.05) is 18.4 Å². The second-order valence-corrected chi connectivity index (χ2v) is 3.59. The van der Waals surface area contributed by atoms with Crippen LogP contribution in [0.1, 0.15) is 11.5 Å². The van der Waals surface area contributed by atoms with Crippen molar-refractivity contribution >= 4 is 0 Å². The van der Waals surface area contributed by atoms with Gasteiger partial charge in [-0.3, -0.25) is 0 Å². The number of rotatable bonds is 3. The van der Waals surface area contributed by atoms with Gasteiger partial charge >= 0.3 is 0 Å². The normalized spacial score (nSPS) is 30.1. The maximum atomic E-state index is 13.1. The fraction of sp³-hybridized carbons (Fsp3) is 0.455. The largest absolute Gasteiger partial charge is 0.497 e. The van der Waals surface area contributed by atoms with Crippen molar-refractivity contribution in [3.63, 3.8) is 0 Å². The average Bonchev–Trinajstić information content (AvgIpc) is 2.89. The molecule has 3 unspecified atom stereocenters. The Morgan fingerprint density at radius 2 is 2.00 bits per heavy atom. The molecule has 1 saturated carbocycles. The Morgan fingerprint density at radius 3 is 2.43 bits per heavy atom. The highest BCUT2D eigenvalue weighted by atomic mass is 19.1. The number of methoxy groups -OCH3 is 1. The number of alkyl halides is 1. The second-order valence-electron chi connectivity index (χ2n) is 3.59. The predicted octanol–water partition coefficient (Wildman–Crippen LogP) is 1.74. The van der Waals surface area contributed by atoms with Gasteiger partial charge in [0.2, 0.25) is 0 Å². The highest BCUT2D eigenvalue weighted by molar-refractivity contribution is 5.34. The first-order valence-corrected chi connectivity index (χ1v) is 4.67. The van der Waals surface area contributed by atoms with Gasteiger partial charge in [0.15, 0.2) is 0 Å². The van der Waals surface area contributed by atoms with E-state index in [4.69, 9.17) is 9.84 Å². The molecule has 3 atom stereocenters. The SMILES string of the molecule is COc1ccc(C2C(F)C2CO)cc1. The summed E-state index contributed by atoms with van der Waals surface area (Å²) in [5, 5.41) is 8.84. The van der Waals surface area contributed by atoms with Crippen molar-refractivity contribution in [1.29, 1.82) is 0 Å². The molecule has 0 amide bonds. The quantitative estimate of drug-likeness (QED) is 0.797. The van der Waals surface area contributed by atoms with E-state index in [0.717, 1.165) is 11.3 Å². The van der Waals surface area contributed by atoms with E-state index in [2.05, 4.69) is 0 Å². The summed E-state index contributed by atoms with van der Waals surface area (Å²) in [5.74, 6) is 0.444. The molecule has 0 spiro atoms. The summed E-state index contributed by atoms with van der Waals surface area (Å²) in [7, 11) is 1.60. The molecule has 1 aromatic rings. The van der Waals surface area contributed by atoms with E-state index in [1.54, 1.807) is 7.11 Å². The summed E-state index contributed by atoms with van der Waals surface area (Å²) < 4.78 is 18.1. The highest BCUT2D eigenvalue weighted by Crippen LogP contribution is 2.49. The van der Waals surface area contributed by atoms with Crippen molar-refractivity contribution in [2.75, 3.05) is 13.7 Å². The lowest BCUT2D eigenvalue weighted by Crippen LogP contribution is -1.89. The molecule has 1 fully saturated rings. The fourth-order valence-corrected chi connectivity index (χ4v) is 1.80. The van der Waals surface area contributed by atoms with Gasteiger partial charge in [0.05, 0.1) is 7.11 Å². The molecule has 2 rings (SSSR count). The predicted molar refractivity (Wildman–Crippen MR) is 51.2 cm³/mol. The summed E-state index contributed by atoms with van der Waals surface area (Å²) in [6.45, 7) is -0.0716. The summed E-state index contributed by atoms with van der Waals surface area (Å²) in [6.07, 6.45) is -0.881. The van der Waals surface area contributed by atoms with Crippen LogP contribution in [0.4, 0.5) is 4.39 Å². The summed E-state index contributed by atoms with van der Waals surface area (Å²) in [4.78, 5) is 0. The van der Waals surface area contributed by atoms with Crippen molar-refractivity contribution in [2.45, 2.75) is 12.1 Å². The summed E-state index contributed by atoms with van der Waals surface area (Å²) in [5.41, 5.74) is 0.942. The van der Waals surface area contributed by atoms with E-state index < -0.39 is 6.17 Å². The minimum Gasteiger partial charge on any atom is -0.497 e. The standard InChI is InChI=1S/C11H13FO2/c1-14-8-4-2-7(3-5-8)10-9(6-13)11(10)12/h2-5,9-11,13H,6H2,1H3. The number of aliphatic hydroxyl groups excluding tert-OH is 1. The highest BCUT2D eigenvalue weighted by Gasteiger charge is 2.51. The molecule has 1 aromatic carbocycles. The Bertz CT molecular complexity index is 310. The Kier molecular flexibility index (Phi) is 2.42. The van der Waals surface area contributed by atoms with Gasteiger partial charge in [-0.05, 0) is 17.7 Å². The molecule has 3 heteroatoms. The van der Waals surface area contributed by atoms with E-state index in [-0.39, 0.29) is 18.4 Å². The van der Waals surface area contributed by atoms with Crippen molar-refractivity contribution in [1.82, 2.24) is 0 Å². The third-order valence-corrected chi connectivity index (χ3v) is 2.78. The maximum Gasteiger partial charge on any atom is 0.118 e. The lowest BCUT2D eigenvalue weighted by atomic mass is 10.1. The van der Waals surface area contributed by atoms with Gasteiger partial charge in [-0.25, -0.2) is 4.39 Å². The van der Waals surface area contributed by atoms with Crippen LogP contribution < -0.4 is 4.74 Å². The van der Waals surface area contributed by atoms with Gasteiger partial charge in [0.25, 0.3) is 0 Å². The second kappa shape index (κ2) is 3.58. The molecule has 76 valence electrons. The van der Waals surface area contributed by atoms with Crippen LogP contribution in [0.5, 0.6) is 5.75 Å². The Morgan fingerprint density at radius 1 is 1.36 bits per heavy atom. The molecule has 0 aliphatic heterocycles. The Hall–Kier alpha value is -1.09. The van der Waals surface area contributed by atoms with Crippen LogP contribution in [-0.4, -0.2) is 25.0 Å². The fourth-order valence-electron chi connectivity index (χ4n) is 1.80. The van der Waals surface area contributed by atoms with Gasteiger partial charge in [-0.2, -0.15) is 0 Å². The van der Waals surface area contributed by atoms with Gasteiger partial charge in [0.1, 0.15) is 11.9 Å². The number of hydrogen-bond donors (Lipinski definition) is 1. The average molecular weight is 196 g/mol. The van der Waals surface area contributed by atoms with Crippen LogP contribution in [0.25, 0.3) is 0 Å². The van der Waals surface area contributed by atoms with E-state index in [1.807, 2.05) is 24.3 Å². The minimum absolute atomic E-state index is 0.0716. The smallest absolute Gasteiger partial charge is 0.118 e. The Labute approximate surface area is 82.3 Å².